The second-order valence-corrected chi connectivity index (χ2v) is 13.0. The number of rotatable bonds is 9. The monoisotopic (exact) mass is 611 g/mol. The zero-order chi connectivity index (χ0) is 34.3. The van der Waals surface area contributed by atoms with Gasteiger partial charge in [-0.3, -0.25) is 13.4 Å². The standard InChI is InChI=1S/3C9H18NO2.H3O4P/c3*1-7(2)9(11)12-8(3)10(4,5)6;1-5(2,3)4/h3*8H,1H2,2-6H3;(H3,1,2,3,4)/q3*+1;/p-3. The maximum Gasteiger partial charge on any atom is 0.337 e. The summed E-state index contributed by atoms with van der Waals surface area (Å²) in [5, 5.41) is 0. The van der Waals surface area contributed by atoms with Crippen LogP contribution in [0.25, 0.3) is 0 Å². The third-order valence-electron chi connectivity index (χ3n) is 5.15. The van der Waals surface area contributed by atoms with Crippen LogP contribution in [0.1, 0.15) is 41.5 Å². The average Bonchev–Trinajstić information content (AvgIpc) is 2.70. The average molecular weight is 612 g/mol. The smallest absolute Gasteiger partial charge is 0.337 e. The first kappa shape index (κ1) is 45.6. The van der Waals surface area contributed by atoms with E-state index in [1.165, 1.54) is 0 Å². The maximum absolute atomic E-state index is 11.1. The number of phosphoric acid groups is 1. The van der Waals surface area contributed by atoms with Crippen molar-refractivity contribution in [1.29, 1.82) is 0 Å². The molecule has 0 amide bonds. The molecule has 0 N–H and O–H groups in total. The van der Waals surface area contributed by atoms with Crippen molar-refractivity contribution in [2.75, 3.05) is 63.4 Å². The summed E-state index contributed by atoms with van der Waals surface area (Å²) in [6.07, 6.45) is -0.433. The number of hydrogen-bond acceptors (Lipinski definition) is 10. The van der Waals surface area contributed by atoms with Crippen molar-refractivity contribution in [3.63, 3.8) is 0 Å². The van der Waals surface area contributed by atoms with Crippen molar-refractivity contribution >= 4 is 25.7 Å². The quantitative estimate of drug-likeness (QED) is 0.0902. The Balaban J connectivity index is -0.000000231. The van der Waals surface area contributed by atoms with Gasteiger partial charge in [0.05, 0.1) is 63.4 Å². The van der Waals surface area contributed by atoms with E-state index in [1.807, 2.05) is 84.2 Å². The normalized spacial score (nSPS) is 13.5. The van der Waals surface area contributed by atoms with Crippen molar-refractivity contribution < 1.29 is 61.3 Å². The van der Waals surface area contributed by atoms with Crippen molar-refractivity contribution in [3.05, 3.63) is 36.5 Å². The summed E-state index contributed by atoms with van der Waals surface area (Å²) in [5.41, 5.74) is 1.32. The summed E-state index contributed by atoms with van der Waals surface area (Å²) < 4.78 is 25.7. The second-order valence-electron chi connectivity index (χ2n) is 12.2. The number of ether oxygens (including phenoxy) is 3. The molecule has 0 fully saturated rings. The van der Waals surface area contributed by atoms with Gasteiger partial charge in [-0.25, -0.2) is 14.4 Å². The lowest BCUT2D eigenvalue weighted by molar-refractivity contribution is -0.914. The number of esters is 3. The largest absolute Gasteiger partial charge is 0.822 e. The highest BCUT2D eigenvalue weighted by Crippen LogP contribution is 2.08. The number of hydrogen-bond donors (Lipinski definition) is 0. The fraction of sp³-hybridized carbons (Fsp3) is 0.667. The molecule has 0 rings (SSSR count). The molecule has 0 aromatic rings. The Hall–Kier alpha value is -2.38. The molecule has 14 heteroatoms. The predicted molar refractivity (Wildman–Crippen MR) is 153 cm³/mol. The van der Waals surface area contributed by atoms with Crippen LogP contribution in [-0.4, -0.2) is 113 Å². The molecule has 0 bridgehead atoms. The van der Waals surface area contributed by atoms with Crippen LogP contribution in [0, 0.1) is 0 Å². The molecule has 0 aromatic heterocycles. The van der Waals surface area contributed by atoms with Crippen LogP contribution in [0.4, 0.5) is 0 Å². The van der Waals surface area contributed by atoms with E-state index in [4.69, 9.17) is 33.5 Å². The van der Waals surface area contributed by atoms with Crippen LogP contribution in [-0.2, 0) is 33.2 Å². The lowest BCUT2D eigenvalue weighted by Crippen LogP contribution is -2.45. The number of carbonyl (C=O) groups excluding carboxylic acids is 3. The molecule has 0 spiro atoms. The Morgan fingerprint density at radius 2 is 0.659 bits per heavy atom. The molecule has 0 saturated carbocycles. The topological polar surface area (TPSA) is 165 Å². The van der Waals surface area contributed by atoms with E-state index in [0.717, 1.165) is 0 Å². The van der Waals surface area contributed by atoms with E-state index >= 15 is 0 Å². The Bertz CT molecular complexity index is 826. The van der Waals surface area contributed by atoms with Gasteiger partial charge in [-0.1, -0.05) is 19.7 Å². The molecule has 13 nitrogen and oxygen atoms in total. The lowest BCUT2D eigenvalue weighted by Gasteiger charge is -2.36. The summed E-state index contributed by atoms with van der Waals surface area (Å²) in [4.78, 5) is 58.9. The van der Waals surface area contributed by atoms with Crippen LogP contribution in [0.2, 0.25) is 0 Å². The summed E-state index contributed by atoms with van der Waals surface area (Å²) in [7, 11) is 12.3. The minimum atomic E-state index is -5.39. The molecule has 0 radical (unpaired) electrons. The molecule has 41 heavy (non-hydrogen) atoms. The molecular formula is C27H54N3O10P. The highest BCUT2D eigenvalue weighted by molar-refractivity contribution is 7.40. The van der Waals surface area contributed by atoms with Crippen molar-refractivity contribution in [3.8, 4) is 0 Å². The van der Waals surface area contributed by atoms with Crippen molar-refractivity contribution in [1.82, 2.24) is 0 Å². The minimum Gasteiger partial charge on any atom is -0.822 e. The van der Waals surface area contributed by atoms with Gasteiger partial charge in [0.2, 0.25) is 18.7 Å². The van der Waals surface area contributed by atoms with Gasteiger partial charge >= 0.3 is 17.9 Å². The second kappa shape index (κ2) is 18.9. The molecular weight excluding hydrogens is 557 g/mol. The van der Waals surface area contributed by atoms with Gasteiger partial charge in [0, 0.05) is 37.5 Å². The third kappa shape index (κ3) is 30.4. The molecule has 0 aliphatic heterocycles. The fourth-order valence-corrected chi connectivity index (χ4v) is 1.24. The van der Waals surface area contributed by atoms with Crippen LogP contribution in [0.3, 0.4) is 0 Å². The molecule has 0 aromatic carbocycles. The third-order valence-corrected chi connectivity index (χ3v) is 5.15. The summed E-state index contributed by atoms with van der Waals surface area (Å²) in [5.74, 6) is -0.971. The predicted octanol–water partition coefficient (Wildman–Crippen LogP) is 0.649. The van der Waals surface area contributed by atoms with E-state index < -0.39 is 7.82 Å². The summed E-state index contributed by atoms with van der Waals surface area (Å²) >= 11 is 0. The first-order valence-corrected chi connectivity index (χ1v) is 14.0. The summed E-state index contributed by atoms with van der Waals surface area (Å²) in [6.45, 7) is 21.0. The Kier molecular flexibility index (Phi) is 21.1. The maximum atomic E-state index is 11.1. The zero-order valence-electron chi connectivity index (χ0n) is 27.7. The van der Waals surface area contributed by atoms with Gasteiger partial charge in [-0.15, -0.1) is 0 Å². The van der Waals surface area contributed by atoms with Gasteiger partial charge in [-0.2, -0.15) is 7.82 Å². The lowest BCUT2D eigenvalue weighted by atomic mass is 10.3. The molecule has 3 unspecified atom stereocenters. The van der Waals surface area contributed by atoms with Crippen LogP contribution >= 0.6 is 7.82 Å². The first-order valence-electron chi connectivity index (χ1n) is 12.5. The first-order chi connectivity index (χ1) is 17.7. The van der Waals surface area contributed by atoms with Gasteiger partial charge in [0.15, 0.2) is 0 Å². The minimum absolute atomic E-state index is 0.144. The van der Waals surface area contributed by atoms with E-state index in [2.05, 4.69) is 19.7 Å². The van der Waals surface area contributed by atoms with Gasteiger partial charge in [0.1, 0.15) is 0 Å². The molecule has 0 aliphatic carbocycles. The van der Waals surface area contributed by atoms with E-state index in [0.29, 0.717) is 30.2 Å². The molecule has 3 atom stereocenters. The molecule has 0 heterocycles. The van der Waals surface area contributed by atoms with Crippen molar-refractivity contribution in [2.45, 2.75) is 60.2 Å². The Morgan fingerprint density at radius 1 is 0.537 bits per heavy atom. The highest BCUT2D eigenvalue weighted by atomic mass is 31.2. The number of carbonyl (C=O) groups is 3. The van der Waals surface area contributed by atoms with Crippen LogP contribution in [0.15, 0.2) is 36.5 Å². The van der Waals surface area contributed by atoms with Gasteiger partial charge < -0.3 is 33.5 Å². The van der Waals surface area contributed by atoms with E-state index in [9.17, 15) is 14.4 Å². The highest BCUT2D eigenvalue weighted by Gasteiger charge is 2.24. The zero-order valence-corrected chi connectivity index (χ0v) is 28.6. The van der Waals surface area contributed by atoms with E-state index in [-0.39, 0.29) is 36.6 Å². The van der Waals surface area contributed by atoms with Crippen LogP contribution in [0.5, 0.6) is 0 Å². The molecule has 0 saturated heterocycles. The number of nitrogens with zero attached hydrogens (tertiary/aromatic N) is 3. The fourth-order valence-electron chi connectivity index (χ4n) is 1.24. The number of quaternary nitrogens is 3. The van der Waals surface area contributed by atoms with Gasteiger partial charge in [0.25, 0.3) is 0 Å². The summed E-state index contributed by atoms with van der Waals surface area (Å²) in [6, 6.07) is 0. The van der Waals surface area contributed by atoms with Crippen molar-refractivity contribution in [2.24, 2.45) is 0 Å². The molecule has 0 aliphatic rings. The Morgan fingerprint density at radius 3 is 0.732 bits per heavy atom. The van der Waals surface area contributed by atoms with E-state index in [1.54, 1.807) is 20.8 Å². The van der Waals surface area contributed by atoms with Gasteiger partial charge in [-0.05, 0) is 20.8 Å². The Labute approximate surface area is 247 Å². The van der Waals surface area contributed by atoms with Crippen LogP contribution < -0.4 is 14.7 Å². The molecule has 242 valence electrons. The SMILES string of the molecule is C=C(C)C(=O)OC(C)[N+](C)(C)C.C=C(C)C(=O)OC(C)[N+](C)(C)C.C=C(C)C(=O)OC(C)[N+](C)(C)C.O=P([O-])([O-])[O-].